The van der Waals surface area contributed by atoms with Gasteiger partial charge in [0.1, 0.15) is 5.82 Å². The Morgan fingerprint density at radius 3 is 2.50 bits per heavy atom. The second-order valence-corrected chi connectivity index (χ2v) is 7.43. The summed E-state index contributed by atoms with van der Waals surface area (Å²) in [6, 6.07) is 7.28. The molecule has 0 atom stereocenters. The van der Waals surface area contributed by atoms with Crippen molar-refractivity contribution in [3.8, 4) is 0 Å². The highest BCUT2D eigenvalue weighted by Gasteiger charge is 2.31. The molecule has 24 heavy (non-hydrogen) atoms. The number of nitrogens with one attached hydrogen (secondary N) is 1. The van der Waals surface area contributed by atoms with Crippen LogP contribution < -0.4 is 10.2 Å². The maximum atomic E-state index is 12.6. The highest BCUT2D eigenvalue weighted by molar-refractivity contribution is 7.11. The van der Waals surface area contributed by atoms with Crippen molar-refractivity contribution in [1.29, 1.82) is 0 Å². The monoisotopic (exact) mass is 355 g/mol. The maximum Gasteiger partial charge on any atom is 0.417 e. The zero-order chi connectivity index (χ0) is 17.2. The van der Waals surface area contributed by atoms with Crippen LogP contribution >= 0.6 is 11.3 Å². The fourth-order valence-corrected chi connectivity index (χ4v) is 3.72. The minimum Gasteiger partial charge on any atom is -0.357 e. The van der Waals surface area contributed by atoms with Crippen LogP contribution in [0, 0.1) is 6.92 Å². The van der Waals surface area contributed by atoms with Gasteiger partial charge in [-0.1, -0.05) is 0 Å². The predicted octanol–water partition coefficient (Wildman–Crippen LogP) is 4.23. The zero-order valence-corrected chi connectivity index (χ0v) is 14.3. The summed E-state index contributed by atoms with van der Waals surface area (Å²) in [7, 11) is 0. The fraction of sp³-hybridized carbons (Fsp3) is 0.471. The third-order valence-electron chi connectivity index (χ3n) is 4.26. The topological polar surface area (TPSA) is 28.2 Å². The molecule has 7 heteroatoms. The van der Waals surface area contributed by atoms with Gasteiger partial charge in [-0.05, 0) is 44.0 Å². The van der Waals surface area contributed by atoms with Crippen LogP contribution in [0.4, 0.5) is 19.0 Å². The molecule has 2 aromatic rings. The molecule has 1 aliphatic heterocycles. The summed E-state index contributed by atoms with van der Waals surface area (Å²) in [6.07, 6.45) is -1.48. The van der Waals surface area contributed by atoms with Crippen molar-refractivity contribution >= 4 is 17.2 Å². The highest BCUT2D eigenvalue weighted by Crippen LogP contribution is 2.29. The van der Waals surface area contributed by atoms with Crippen molar-refractivity contribution in [1.82, 2.24) is 10.3 Å². The molecule has 1 fully saturated rings. The van der Waals surface area contributed by atoms with Gasteiger partial charge >= 0.3 is 6.18 Å². The van der Waals surface area contributed by atoms with Crippen molar-refractivity contribution < 1.29 is 13.2 Å². The molecule has 1 saturated heterocycles. The van der Waals surface area contributed by atoms with Gasteiger partial charge in [0.25, 0.3) is 0 Å². The number of rotatable bonds is 4. The number of anilines is 1. The molecule has 0 unspecified atom stereocenters. The summed E-state index contributed by atoms with van der Waals surface area (Å²) >= 11 is 1.80. The van der Waals surface area contributed by atoms with Gasteiger partial charge in [0.05, 0.1) is 5.56 Å². The van der Waals surface area contributed by atoms with E-state index in [9.17, 15) is 13.2 Å². The molecule has 0 bridgehead atoms. The number of pyridine rings is 1. The van der Waals surface area contributed by atoms with Crippen molar-refractivity contribution in [3.63, 3.8) is 0 Å². The predicted molar refractivity (Wildman–Crippen MR) is 90.4 cm³/mol. The van der Waals surface area contributed by atoms with E-state index in [2.05, 4.69) is 29.4 Å². The van der Waals surface area contributed by atoms with Gasteiger partial charge in [-0.3, -0.25) is 0 Å². The average Bonchev–Trinajstić information content (AvgIpc) is 2.98. The number of alkyl halides is 3. The molecule has 3 rings (SSSR count). The lowest BCUT2D eigenvalue weighted by Gasteiger charge is -2.33. The van der Waals surface area contributed by atoms with E-state index in [-0.39, 0.29) is 0 Å². The smallest absolute Gasteiger partial charge is 0.357 e. The first-order valence-corrected chi connectivity index (χ1v) is 8.80. The highest BCUT2D eigenvalue weighted by atomic mass is 32.1. The third-order valence-corrected chi connectivity index (χ3v) is 5.26. The first-order valence-electron chi connectivity index (χ1n) is 7.99. The molecule has 3 nitrogen and oxygen atoms in total. The Morgan fingerprint density at radius 2 is 1.96 bits per heavy atom. The van der Waals surface area contributed by atoms with Crippen LogP contribution in [0.1, 0.15) is 28.2 Å². The van der Waals surface area contributed by atoms with Crippen molar-refractivity contribution in [2.75, 3.05) is 18.0 Å². The Bertz CT molecular complexity index is 658. The molecular weight excluding hydrogens is 335 g/mol. The largest absolute Gasteiger partial charge is 0.417 e. The van der Waals surface area contributed by atoms with Crippen LogP contribution in [0.2, 0.25) is 0 Å². The summed E-state index contributed by atoms with van der Waals surface area (Å²) in [5.41, 5.74) is -0.700. The van der Waals surface area contributed by atoms with Gasteiger partial charge in [-0.25, -0.2) is 4.98 Å². The van der Waals surface area contributed by atoms with E-state index < -0.39 is 11.7 Å². The molecular formula is C17H20F3N3S. The Labute approximate surface area is 143 Å². The Hall–Kier alpha value is -1.60. The number of hydrogen-bond acceptors (Lipinski definition) is 4. The van der Waals surface area contributed by atoms with E-state index in [0.717, 1.165) is 44.7 Å². The van der Waals surface area contributed by atoms with Crippen LogP contribution in [0.3, 0.4) is 0 Å². The number of halogens is 3. The Kier molecular flexibility index (Phi) is 5.10. The lowest BCUT2D eigenvalue weighted by atomic mass is 10.0. The standard InChI is InChI=1S/C17H20F3N3S/c1-12-2-4-15(24-12)11-21-14-6-8-23(9-7-14)16-5-3-13(10-22-16)17(18,19)20/h2-5,10,14,21H,6-9,11H2,1H3. The van der Waals surface area contributed by atoms with Crippen molar-refractivity contribution in [2.24, 2.45) is 0 Å². The first-order chi connectivity index (χ1) is 11.4. The zero-order valence-electron chi connectivity index (χ0n) is 13.4. The second-order valence-electron chi connectivity index (χ2n) is 6.06. The molecule has 0 aliphatic carbocycles. The van der Waals surface area contributed by atoms with Gasteiger partial charge in [0.15, 0.2) is 0 Å². The summed E-state index contributed by atoms with van der Waals surface area (Å²) in [5, 5.41) is 3.57. The normalized spacial score (nSPS) is 16.6. The second kappa shape index (κ2) is 7.11. The van der Waals surface area contributed by atoms with Gasteiger partial charge in [0.2, 0.25) is 0 Å². The minimum atomic E-state index is -4.33. The quantitative estimate of drug-likeness (QED) is 0.890. The van der Waals surface area contributed by atoms with E-state index in [1.54, 1.807) is 11.3 Å². The summed E-state index contributed by atoms with van der Waals surface area (Å²) in [4.78, 5) is 8.67. The van der Waals surface area contributed by atoms with Crippen LogP contribution in [-0.2, 0) is 12.7 Å². The maximum absolute atomic E-state index is 12.6. The first kappa shape index (κ1) is 17.2. The minimum absolute atomic E-state index is 0.443. The number of aromatic nitrogens is 1. The molecule has 0 amide bonds. The van der Waals surface area contributed by atoms with E-state index in [1.165, 1.54) is 15.8 Å². The van der Waals surface area contributed by atoms with Crippen LogP contribution in [0.5, 0.6) is 0 Å². The molecule has 3 heterocycles. The molecule has 0 spiro atoms. The average molecular weight is 355 g/mol. The fourth-order valence-electron chi connectivity index (χ4n) is 2.88. The van der Waals surface area contributed by atoms with E-state index in [4.69, 9.17) is 0 Å². The van der Waals surface area contributed by atoms with Gasteiger partial charge in [0, 0.05) is 41.6 Å². The van der Waals surface area contributed by atoms with E-state index >= 15 is 0 Å². The number of piperidine rings is 1. The van der Waals surface area contributed by atoms with Crippen LogP contribution in [-0.4, -0.2) is 24.1 Å². The summed E-state index contributed by atoms with van der Waals surface area (Å²) in [6.45, 7) is 4.59. The van der Waals surface area contributed by atoms with Gasteiger partial charge in [-0.2, -0.15) is 13.2 Å². The molecule has 130 valence electrons. The molecule has 0 saturated carbocycles. The molecule has 1 aliphatic rings. The van der Waals surface area contributed by atoms with E-state index in [1.807, 2.05) is 4.90 Å². The summed E-state index contributed by atoms with van der Waals surface area (Å²) < 4.78 is 37.7. The van der Waals surface area contributed by atoms with Crippen LogP contribution in [0.25, 0.3) is 0 Å². The number of thiophene rings is 1. The van der Waals surface area contributed by atoms with Gasteiger partial charge in [-0.15, -0.1) is 11.3 Å². The SMILES string of the molecule is Cc1ccc(CNC2CCN(c3ccc(C(F)(F)F)cn3)CC2)s1. The third kappa shape index (κ3) is 4.27. The number of nitrogens with zero attached hydrogens (tertiary/aromatic N) is 2. The van der Waals surface area contributed by atoms with Gasteiger partial charge < -0.3 is 10.2 Å². The number of aryl methyl sites for hydroxylation is 1. The lowest BCUT2D eigenvalue weighted by Crippen LogP contribution is -2.42. The number of hydrogen-bond donors (Lipinski definition) is 1. The Balaban J connectivity index is 1.49. The molecule has 0 radical (unpaired) electrons. The van der Waals surface area contributed by atoms with Crippen LogP contribution in [0.15, 0.2) is 30.5 Å². The molecule has 0 aromatic carbocycles. The summed E-state index contributed by atoms with van der Waals surface area (Å²) in [5.74, 6) is 0.621. The van der Waals surface area contributed by atoms with Crippen molar-refractivity contribution in [3.05, 3.63) is 45.8 Å². The molecule has 1 N–H and O–H groups in total. The Morgan fingerprint density at radius 1 is 1.21 bits per heavy atom. The van der Waals surface area contributed by atoms with Crippen molar-refractivity contribution in [2.45, 2.75) is 38.5 Å². The lowest BCUT2D eigenvalue weighted by molar-refractivity contribution is -0.137. The molecule has 2 aromatic heterocycles. The van der Waals surface area contributed by atoms with E-state index in [0.29, 0.717) is 11.9 Å².